The van der Waals surface area contributed by atoms with E-state index in [0.29, 0.717) is 28.8 Å². The number of nitrogens with one attached hydrogen (secondary N) is 1. The van der Waals surface area contributed by atoms with Gasteiger partial charge >= 0.3 is 0 Å². The van der Waals surface area contributed by atoms with Crippen molar-refractivity contribution < 1.29 is 13.8 Å². The maximum Gasteiger partial charge on any atom is 0.251 e. The van der Waals surface area contributed by atoms with E-state index in [-0.39, 0.29) is 23.9 Å². The topological polar surface area (TPSA) is 105 Å². The summed E-state index contributed by atoms with van der Waals surface area (Å²) in [5.41, 5.74) is 8.92. The van der Waals surface area contributed by atoms with Crippen LogP contribution in [-0.4, -0.2) is 44.6 Å². The fourth-order valence-corrected chi connectivity index (χ4v) is 5.64. The monoisotopic (exact) mass is 470 g/mol. The van der Waals surface area contributed by atoms with Crippen molar-refractivity contribution in [1.82, 2.24) is 10.3 Å². The number of rotatable bonds is 2. The molecule has 8 heteroatoms. The molecule has 7 nitrogen and oxygen atoms in total. The van der Waals surface area contributed by atoms with Gasteiger partial charge in [-0.05, 0) is 74.9 Å². The number of benzene rings is 1. The van der Waals surface area contributed by atoms with Crippen LogP contribution in [-0.2, 0) is 22.0 Å². The molecule has 0 unspecified atom stereocenters. The van der Waals surface area contributed by atoms with Crippen molar-refractivity contribution in [3.63, 3.8) is 0 Å². The van der Waals surface area contributed by atoms with Crippen molar-refractivity contribution >= 4 is 34.1 Å². The largest absolute Gasteiger partial charge is 0.384 e. The molecule has 3 N–H and O–H groups in total. The SMILES string of the molecule is CC(=O)N1c2ccc(C(=O)NC3CCS(=O)CC3)cc2C[C@@H](C)[C@@H]1C.Cc1cccc(N)n1. The molecular formula is C25H34N4O3S. The third-order valence-electron chi connectivity index (χ3n) is 6.35. The fourth-order valence-electron chi connectivity index (χ4n) is 4.34. The van der Waals surface area contributed by atoms with Gasteiger partial charge in [-0.1, -0.05) is 13.0 Å². The summed E-state index contributed by atoms with van der Waals surface area (Å²) in [5, 5.41) is 3.06. The summed E-state index contributed by atoms with van der Waals surface area (Å²) >= 11 is 0. The van der Waals surface area contributed by atoms with E-state index in [1.807, 2.05) is 36.1 Å². The van der Waals surface area contributed by atoms with Gasteiger partial charge in [-0.25, -0.2) is 4.98 Å². The number of aromatic nitrogens is 1. The number of fused-ring (bicyclic) bond motifs is 1. The van der Waals surface area contributed by atoms with Crippen molar-refractivity contribution in [2.24, 2.45) is 5.92 Å². The second kappa shape index (κ2) is 10.9. The lowest BCUT2D eigenvalue weighted by molar-refractivity contribution is -0.117. The minimum absolute atomic E-state index is 0.0349. The third-order valence-corrected chi connectivity index (χ3v) is 7.73. The molecule has 2 aliphatic rings. The smallest absolute Gasteiger partial charge is 0.251 e. The molecule has 0 bridgehead atoms. The molecule has 4 rings (SSSR count). The molecule has 178 valence electrons. The van der Waals surface area contributed by atoms with E-state index in [2.05, 4.69) is 24.1 Å². The zero-order chi connectivity index (χ0) is 24.1. The van der Waals surface area contributed by atoms with E-state index in [4.69, 9.17) is 5.73 Å². The lowest BCUT2D eigenvalue weighted by atomic mass is 9.87. The summed E-state index contributed by atoms with van der Waals surface area (Å²) in [5.74, 6) is 2.22. The molecule has 1 fully saturated rings. The maximum absolute atomic E-state index is 12.6. The zero-order valence-electron chi connectivity index (χ0n) is 19.8. The van der Waals surface area contributed by atoms with Crippen LogP contribution >= 0.6 is 0 Å². The molecule has 3 heterocycles. The minimum Gasteiger partial charge on any atom is -0.384 e. The van der Waals surface area contributed by atoms with E-state index in [0.717, 1.165) is 36.2 Å². The van der Waals surface area contributed by atoms with Crippen molar-refractivity contribution in [1.29, 1.82) is 0 Å². The van der Waals surface area contributed by atoms with E-state index in [9.17, 15) is 13.8 Å². The Hall–Kier alpha value is -2.74. The lowest BCUT2D eigenvalue weighted by Gasteiger charge is -2.39. The Morgan fingerprint density at radius 1 is 1.15 bits per heavy atom. The minimum atomic E-state index is -0.727. The van der Waals surface area contributed by atoms with Gasteiger partial charge in [0.1, 0.15) is 5.82 Å². The number of hydrogen-bond acceptors (Lipinski definition) is 5. The van der Waals surface area contributed by atoms with Crippen molar-refractivity contribution in [3.8, 4) is 0 Å². The Kier molecular flexibility index (Phi) is 8.24. The van der Waals surface area contributed by atoms with Crippen LogP contribution in [0.3, 0.4) is 0 Å². The molecule has 0 aliphatic carbocycles. The van der Waals surface area contributed by atoms with Crippen LogP contribution < -0.4 is 16.0 Å². The number of nitrogens with two attached hydrogens (primary N) is 1. The van der Waals surface area contributed by atoms with Gasteiger partial charge < -0.3 is 16.0 Å². The van der Waals surface area contributed by atoms with Gasteiger partial charge in [-0.2, -0.15) is 0 Å². The van der Waals surface area contributed by atoms with Gasteiger partial charge in [0, 0.05) is 58.3 Å². The maximum atomic E-state index is 12.6. The molecule has 2 amide bonds. The van der Waals surface area contributed by atoms with Gasteiger partial charge in [0.25, 0.3) is 5.91 Å². The predicted octanol–water partition coefficient (Wildman–Crippen LogP) is 3.23. The van der Waals surface area contributed by atoms with Crippen LogP contribution in [0.2, 0.25) is 0 Å². The Labute approximate surface area is 198 Å². The van der Waals surface area contributed by atoms with Crippen LogP contribution in [0, 0.1) is 12.8 Å². The summed E-state index contributed by atoms with van der Waals surface area (Å²) in [7, 11) is -0.727. The van der Waals surface area contributed by atoms with Crippen LogP contribution in [0.25, 0.3) is 0 Å². The Bertz CT molecular complexity index is 1010. The Balaban J connectivity index is 0.000000323. The molecule has 33 heavy (non-hydrogen) atoms. The highest BCUT2D eigenvalue weighted by molar-refractivity contribution is 7.85. The summed E-state index contributed by atoms with van der Waals surface area (Å²) < 4.78 is 11.4. The van der Waals surface area contributed by atoms with Crippen LogP contribution in [0.4, 0.5) is 11.5 Å². The lowest BCUT2D eigenvalue weighted by Crippen LogP contribution is -2.45. The number of aryl methyl sites for hydroxylation is 1. The molecule has 1 aromatic carbocycles. The predicted molar refractivity (Wildman–Crippen MR) is 134 cm³/mol. The van der Waals surface area contributed by atoms with Crippen LogP contribution in [0.1, 0.15) is 55.2 Å². The number of nitrogens with zero attached hydrogens (tertiary/aromatic N) is 2. The molecule has 2 aromatic rings. The van der Waals surface area contributed by atoms with Crippen LogP contribution in [0.15, 0.2) is 36.4 Å². The van der Waals surface area contributed by atoms with Gasteiger partial charge in [-0.3, -0.25) is 13.8 Å². The Morgan fingerprint density at radius 3 is 2.42 bits per heavy atom. The number of amides is 2. The molecule has 1 saturated heterocycles. The molecule has 0 radical (unpaired) electrons. The normalized spacial score (nSPS) is 24.2. The van der Waals surface area contributed by atoms with Gasteiger partial charge in [-0.15, -0.1) is 0 Å². The van der Waals surface area contributed by atoms with Crippen molar-refractivity contribution in [2.75, 3.05) is 22.1 Å². The Morgan fingerprint density at radius 2 is 1.85 bits per heavy atom. The van der Waals surface area contributed by atoms with E-state index >= 15 is 0 Å². The summed E-state index contributed by atoms with van der Waals surface area (Å²) in [6.45, 7) is 7.71. The summed E-state index contributed by atoms with van der Waals surface area (Å²) in [6.07, 6.45) is 2.41. The van der Waals surface area contributed by atoms with Gasteiger partial charge in [0.15, 0.2) is 0 Å². The summed E-state index contributed by atoms with van der Waals surface area (Å²) in [6, 6.07) is 11.4. The number of hydrogen-bond donors (Lipinski definition) is 2. The average molecular weight is 471 g/mol. The first-order valence-electron chi connectivity index (χ1n) is 11.4. The second-order valence-corrected chi connectivity index (χ2v) is 10.7. The van der Waals surface area contributed by atoms with E-state index in [1.54, 1.807) is 19.1 Å². The highest BCUT2D eigenvalue weighted by Crippen LogP contribution is 2.34. The first-order chi connectivity index (χ1) is 15.7. The van der Waals surface area contributed by atoms with Crippen molar-refractivity contribution in [2.45, 2.75) is 59.0 Å². The number of carbonyl (C=O) groups is 2. The zero-order valence-corrected chi connectivity index (χ0v) is 20.7. The molecule has 2 atom stereocenters. The molecular weight excluding hydrogens is 436 g/mol. The molecule has 2 aliphatic heterocycles. The average Bonchev–Trinajstić information content (AvgIpc) is 2.76. The van der Waals surface area contributed by atoms with Gasteiger partial charge in [0.2, 0.25) is 5.91 Å². The molecule has 0 saturated carbocycles. The van der Waals surface area contributed by atoms with E-state index in [1.165, 1.54) is 0 Å². The number of nitrogen functional groups attached to an aromatic ring is 1. The number of anilines is 2. The van der Waals surface area contributed by atoms with Crippen molar-refractivity contribution in [3.05, 3.63) is 53.2 Å². The summed E-state index contributed by atoms with van der Waals surface area (Å²) in [4.78, 5) is 30.4. The highest BCUT2D eigenvalue weighted by atomic mass is 32.2. The number of pyridine rings is 1. The highest BCUT2D eigenvalue weighted by Gasteiger charge is 2.31. The molecule has 1 aromatic heterocycles. The fraction of sp³-hybridized carbons (Fsp3) is 0.480. The first kappa shape index (κ1) is 24.9. The number of carbonyl (C=O) groups excluding carboxylic acids is 2. The molecule has 0 spiro atoms. The van der Waals surface area contributed by atoms with Gasteiger partial charge in [0.05, 0.1) is 0 Å². The first-order valence-corrected chi connectivity index (χ1v) is 12.9. The quantitative estimate of drug-likeness (QED) is 0.701. The van der Waals surface area contributed by atoms with Crippen LogP contribution in [0.5, 0.6) is 0 Å². The van der Waals surface area contributed by atoms with E-state index < -0.39 is 10.8 Å². The second-order valence-electron chi connectivity index (χ2n) is 8.95. The third kappa shape index (κ3) is 6.41. The standard InChI is InChI=1S/C19H26N2O3S.C6H8N2/c1-12-10-16-11-15(4-5-18(16)21(13(12)2)14(3)22)19(23)20-17-6-8-25(24)9-7-17;1-5-3-2-4-6(7)8-5/h4-5,11-13,17H,6-10H2,1-3H3,(H,20,23);2-4H,1H3,(H2,7,8)/t12-,13+,17?,25?;/m1./s1.